The van der Waals surface area contributed by atoms with E-state index in [1.54, 1.807) is 0 Å². The molecule has 0 aliphatic carbocycles. The number of fused-ring (bicyclic) bond motifs is 1. The van der Waals surface area contributed by atoms with Crippen LogP contribution in [0, 0.1) is 0 Å². The molecule has 0 unspecified atom stereocenters. The molecule has 0 aromatic carbocycles. The van der Waals surface area contributed by atoms with Crippen LogP contribution in [0.3, 0.4) is 0 Å². The maximum absolute atomic E-state index is 5.87. The van der Waals surface area contributed by atoms with Crippen LogP contribution in [-0.4, -0.2) is 20.2 Å². The van der Waals surface area contributed by atoms with E-state index in [9.17, 15) is 0 Å². The molecule has 86 valence electrons. The van der Waals surface area contributed by atoms with E-state index >= 15 is 0 Å². The number of hydrogen-bond donors (Lipinski definition) is 2. The number of nitrogens with one attached hydrogen (secondary N) is 1. The zero-order valence-electron chi connectivity index (χ0n) is 10.1. The fourth-order valence-electron chi connectivity index (χ4n) is 1.62. The average Bonchev–Trinajstić information content (AvgIpc) is 2.61. The second kappa shape index (κ2) is 3.73. The van der Waals surface area contributed by atoms with Crippen LogP contribution in [0.5, 0.6) is 0 Å². The summed E-state index contributed by atoms with van der Waals surface area (Å²) in [7, 11) is 0. The minimum atomic E-state index is 0.265. The quantitative estimate of drug-likeness (QED) is 0.811. The predicted octanol–water partition coefficient (Wildman–Crippen LogP) is 2.18. The van der Waals surface area contributed by atoms with Crippen molar-refractivity contribution in [2.75, 3.05) is 5.73 Å². The van der Waals surface area contributed by atoms with Crippen molar-refractivity contribution >= 4 is 16.9 Å². The molecular formula is C11H17N5. The molecule has 0 bridgehead atoms. The molecular weight excluding hydrogens is 202 g/mol. The summed E-state index contributed by atoms with van der Waals surface area (Å²) in [5.41, 5.74) is 8.42. The van der Waals surface area contributed by atoms with Crippen LogP contribution in [-0.2, 0) is 0 Å². The molecule has 16 heavy (non-hydrogen) atoms. The zero-order chi connectivity index (χ0) is 11.9. The third kappa shape index (κ3) is 1.62. The minimum absolute atomic E-state index is 0.265. The summed E-state index contributed by atoms with van der Waals surface area (Å²) in [6, 6.07) is 0. The molecule has 0 aliphatic rings. The highest BCUT2D eigenvalue weighted by atomic mass is 15.2. The van der Waals surface area contributed by atoms with E-state index in [1.807, 2.05) is 0 Å². The molecule has 5 heteroatoms. The van der Waals surface area contributed by atoms with E-state index < -0.39 is 0 Å². The van der Waals surface area contributed by atoms with Gasteiger partial charge >= 0.3 is 0 Å². The van der Waals surface area contributed by atoms with Gasteiger partial charge in [-0.25, -0.2) is 9.97 Å². The Labute approximate surface area is 94.5 Å². The number of nitrogen functional groups attached to an aromatic ring is 1. The number of anilines is 1. The van der Waals surface area contributed by atoms with Crippen molar-refractivity contribution in [2.45, 2.75) is 39.5 Å². The first kappa shape index (κ1) is 10.9. The normalized spacial score (nSPS) is 11.9. The third-order valence-corrected chi connectivity index (χ3v) is 2.57. The van der Waals surface area contributed by atoms with Crippen molar-refractivity contribution in [3.63, 3.8) is 0 Å². The first-order valence-corrected chi connectivity index (χ1v) is 5.52. The molecule has 0 fully saturated rings. The van der Waals surface area contributed by atoms with Gasteiger partial charge in [0, 0.05) is 5.92 Å². The monoisotopic (exact) mass is 219 g/mol. The second-order valence-electron chi connectivity index (χ2n) is 4.61. The van der Waals surface area contributed by atoms with Gasteiger partial charge in [-0.05, 0) is 5.92 Å². The number of aromatic nitrogens is 4. The van der Waals surface area contributed by atoms with E-state index in [0.29, 0.717) is 17.3 Å². The van der Waals surface area contributed by atoms with E-state index in [4.69, 9.17) is 5.73 Å². The molecule has 0 aliphatic heterocycles. The van der Waals surface area contributed by atoms with Crippen LogP contribution in [0.15, 0.2) is 0 Å². The SMILES string of the molecule is CC(C)c1nc(N)c2n[nH]c(C(C)C)c2n1. The molecule has 2 heterocycles. The number of hydrogen-bond acceptors (Lipinski definition) is 4. The topological polar surface area (TPSA) is 80.5 Å². The molecule has 0 amide bonds. The van der Waals surface area contributed by atoms with Gasteiger partial charge in [0.1, 0.15) is 11.3 Å². The summed E-state index contributed by atoms with van der Waals surface area (Å²) in [6.45, 7) is 8.30. The summed E-state index contributed by atoms with van der Waals surface area (Å²) in [5, 5.41) is 7.15. The molecule has 0 radical (unpaired) electrons. The van der Waals surface area contributed by atoms with E-state index in [-0.39, 0.29) is 5.92 Å². The van der Waals surface area contributed by atoms with Crippen molar-refractivity contribution in [1.29, 1.82) is 0 Å². The number of nitrogens with two attached hydrogens (primary N) is 1. The summed E-state index contributed by atoms with van der Waals surface area (Å²) in [6.07, 6.45) is 0. The van der Waals surface area contributed by atoms with Gasteiger partial charge in [-0.2, -0.15) is 5.10 Å². The van der Waals surface area contributed by atoms with Crippen molar-refractivity contribution in [3.05, 3.63) is 11.5 Å². The van der Waals surface area contributed by atoms with Crippen molar-refractivity contribution < 1.29 is 0 Å². The van der Waals surface area contributed by atoms with E-state index in [0.717, 1.165) is 17.0 Å². The lowest BCUT2D eigenvalue weighted by atomic mass is 10.1. The summed E-state index contributed by atoms with van der Waals surface area (Å²) < 4.78 is 0. The van der Waals surface area contributed by atoms with Crippen LogP contribution in [0.4, 0.5) is 5.82 Å². The van der Waals surface area contributed by atoms with Crippen LogP contribution >= 0.6 is 0 Å². The number of nitrogens with zero attached hydrogens (tertiary/aromatic N) is 3. The predicted molar refractivity (Wildman–Crippen MR) is 64.3 cm³/mol. The largest absolute Gasteiger partial charge is 0.382 e. The Balaban J connectivity index is 2.71. The Morgan fingerprint density at radius 2 is 1.69 bits per heavy atom. The van der Waals surface area contributed by atoms with Gasteiger partial charge in [-0.1, -0.05) is 27.7 Å². The van der Waals surface area contributed by atoms with Gasteiger partial charge in [0.15, 0.2) is 11.3 Å². The van der Waals surface area contributed by atoms with Gasteiger partial charge in [-0.15, -0.1) is 0 Å². The highest BCUT2D eigenvalue weighted by molar-refractivity contribution is 5.86. The Morgan fingerprint density at radius 1 is 1.00 bits per heavy atom. The lowest BCUT2D eigenvalue weighted by Gasteiger charge is -2.06. The maximum Gasteiger partial charge on any atom is 0.155 e. The van der Waals surface area contributed by atoms with Gasteiger partial charge in [0.25, 0.3) is 0 Å². The van der Waals surface area contributed by atoms with E-state index in [1.165, 1.54) is 0 Å². The summed E-state index contributed by atoms with van der Waals surface area (Å²) in [5.74, 6) is 1.84. The van der Waals surface area contributed by atoms with Gasteiger partial charge in [-0.3, -0.25) is 5.10 Å². The van der Waals surface area contributed by atoms with E-state index in [2.05, 4.69) is 47.9 Å². The standard InChI is InChI=1S/C11H17N5/c1-5(2)7-8-9(16-15-7)10(12)14-11(13-8)6(3)4/h5-6H,1-4H3,(H,15,16)(H2,12,13,14). The van der Waals surface area contributed by atoms with Crippen LogP contribution < -0.4 is 5.73 Å². The Kier molecular flexibility index (Phi) is 2.53. The molecule has 2 rings (SSSR count). The van der Waals surface area contributed by atoms with Gasteiger partial charge in [0.2, 0.25) is 0 Å². The number of rotatable bonds is 2. The lowest BCUT2D eigenvalue weighted by Crippen LogP contribution is -2.03. The first-order chi connectivity index (χ1) is 7.50. The van der Waals surface area contributed by atoms with Crippen LogP contribution in [0.25, 0.3) is 11.0 Å². The maximum atomic E-state index is 5.87. The molecule has 0 saturated heterocycles. The number of H-pyrrole nitrogens is 1. The van der Waals surface area contributed by atoms with Crippen molar-refractivity contribution in [1.82, 2.24) is 20.2 Å². The highest BCUT2D eigenvalue weighted by Crippen LogP contribution is 2.25. The Hall–Kier alpha value is -1.65. The fraction of sp³-hybridized carbons (Fsp3) is 0.545. The minimum Gasteiger partial charge on any atom is -0.382 e. The van der Waals surface area contributed by atoms with Gasteiger partial charge < -0.3 is 5.73 Å². The number of aromatic amines is 1. The Morgan fingerprint density at radius 3 is 2.25 bits per heavy atom. The lowest BCUT2D eigenvalue weighted by molar-refractivity contribution is 0.780. The summed E-state index contributed by atoms with van der Waals surface area (Å²) >= 11 is 0. The molecule has 0 saturated carbocycles. The molecule has 3 N–H and O–H groups in total. The highest BCUT2D eigenvalue weighted by Gasteiger charge is 2.15. The second-order valence-corrected chi connectivity index (χ2v) is 4.61. The van der Waals surface area contributed by atoms with Crippen LogP contribution in [0.1, 0.15) is 51.0 Å². The third-order valence-electron chi connectivity index (χ3n) is 2.57. The summed E-state index contributed by atoms with van der Waals surface area (Å²) in [4.78, 5) is 8.79. The molecule has 0 spiro atoms. The van der Waals surface area contributed by atoms with Crippen LogP contribution in [0.2, 0.25) is 0 Å². The fourth-order valence-corrected chi connectivity index (χ4v) is 1.62. The molecule has 2 aromatic rings. The smallest absolute Gasteiger partial charge is 0.155 e. The zero-order valence-corrected chi connectivity index (χ0v) is 10.1. The van der Waals surface area contributed by atoms with Gasteiger partial charge in [0.05, 0.1) is 5.69 Å². The van der Waals surface area contributed by atoms with Crippen molar-refractivity contribution in [3.8, 4) is 0 Å². The first-order valence-electron chi connectivity index (χ1n) is 5.52. The molecule has 0 atom stereocenters. The Bertz CT molecular complexity index is 512. The average molecular weight is 219 g/mol. The molecule has 5 nitrogen and oxygen atoms in total. The molecule has 2 aromatic heterocycles. The van der Waals surface area contributed by atoms with Crippen molar-refractivity contribution in [2.24, 2.45) is 0 Å².